The molecule has 0 heterocycles. The summed E-state index contributed by atoms with van der Waals surface area (Å²) in [5.41, 5.74) is 3.16. The first-order valence-corrected chi connectivity index (χ1v) is 9.67. The number of rotatable bonds is 10. The maximum atomic E-state index is 11.9. The van der Waals surface area contributed by atoms with E-state index >= 15 is 0 Å². The minimum absolute atomic E-state index is 0.235. The van der Waals surface area contributed by atoms with E-state index in [2.05, 4.69) is 19.2 Å². The molecular weight excluding hydrogens is 370 g/mol. The normalized spacial score (nSPS) is 10.5. The molecule has 1 N–H and O–H groups in total. The van der Waals surface area contributed by atoms with Crippen LogP contribution in [0.25, 0.3) is 0 Å². The molecule has 156 valence electrons. The Balaban J connectivity index is 1.68. The van der Waals surface area contributed by atoms with Crippen LogP contribution in [0, 0.1) is 6.92 Å². The number of aryl methyl sites for hydroxylation is 1. The number of nitrogens with one attached hydrogen (secondary N) is 1. The third-order valence-corrected chi connectivity index (χ3v) is 4.48. The first-order valence-electron chi connectivity index (χ1n) is 9.67. The number of amides is 1. The second-order valence-corrected chi connectivity index (χ2v) is 7.08. The summed E-state index contributed by atoms with van der Waals surface area (Å²) in [5.74, 6) is 0.885. The fraction of sp³-hybridized carbons (Fsp3) is 0.391. The fourth-order valence-corrected chi connectivity index (χ4v) is 2.65. The predicted molar refractivity (Wildman–Crippen MR) is 111 cm³/mol. The van der Waals surface area contributed by atoms with Crippen LogP contribution in [-0.2, 0) is 20.7 Å². The predicted octanol–water partition coefficient (Wildman–Crippen LogP) is 3.41. The summed E-state index contributed by atoms with van der Waals surface area (Å²) in [5, 5.41) is 2.73. The van der Waals surface area contributed by atoms with Crippen LogP contribution in [0.2, 0.25) is 0 Å². The molecule has 29 heavy (non-hydrogen) atoms. The van der Waals surface area contributed by atoms with Gasteiger partial charge in [0.05, 0.1) is 7.11 Å². The van der Waals surface area contributed by atoms with E-state index in [1.54, 1.807) is 7.11 Å². The van der Waals surface area contributed by atoms with Crippen LogP contribution >= 0.6 is 0 Å². The highest BCUT2D eigenvalue weighted by molar-refractivity contribution is 5.80. The lowest BCUT2D eigenvalue weighted by Gasteiger charge is -2.12. The summed E-state index contributed by atoms with van der Waals surface area (Å²) >= 11 is 0. The molecule has 0 bridgehead atoms. The van der Waals surface area contributed by atoms with Gasteiger partial charge in [0.25, 0.3) is 5.91 Å². The van der Waals surface area contributed by atoms with Crippen molar-refractivity contribution in [1.29, 1.82) is 0 Å². The van der Waals surface area contributed by atoms with Gasteiger partial charge in [-0.15, -0.1) is 0 Å². The van der Waals surface area contributed by atoms with Gasteiger partial charge in [-0.3, -0.25) is 4.79 Å². The first kappa shape index (κ1) is 22.3. The van der Waals surface area contributed by atoms with Crippen molar-refractivity contribution in [2.45, 2.75) is 33.1 Å². The molecule has 0 aliphatic rings. The van der Waals surface area contributed by atoms with Crippen LogP contribution in [0.4, 0.5) is 0 Å². The smallest absolute Gasteiger partial charge is 0.344 e. The maximum Gasteiger partial charge on any atom is 0.344 e. The number of benzene rings is 2. The maximum absolute atomic E-state index is 11.9. The minimum Gasteiger partial charge on any atom is -0.497 e. The zero-order valence-electron chi connectivity index (χ0n) is 17.5. The Morgan fingerprint density at radius 3 is 2.41 bits per heavy atom. The van der Waals surface area contributed by atoms with E-state index in [9.17, 15) is 9.59 Å². The molecule has 0 fully saturated rings. The standard InChI is InChI=1S/C23H29NO5/c1-16(2)19-8-5-17(3)21(13-19)28-15-23(26)29-14-22(25)24-12-11-18-6-9-20(27-4)10-7-18/h5-10,13,16H,11-12,14-15H2,1-4H3,(H,24,25). The minimum atomic E-state index is -0.579. The zero-order chi connectivity index (χ0) is 21.2. The molecule has 0 aliphatic heterocycles. The molecule has 6 nitrogen and oxygen atoms in total. The Kier molecular flexibility index (Phi) is 8.52. The van der Waals surface area contributed by atoms with Crippen LogP contribution in [0.1, 0.15) is 36.5 Å². The molecule has 1 amide bonds. The quantitative estimate of drug-likeness (QED) is 0.620. The van der Waals surface area contributed by atoms with Gasteiger partial charge in [0.15, 0.2) is 13.2 Å². The number of esters is 1. The second kappa shape index (κ2) is 11.1. The number of methoxy groups -OCH3 is 1. The fourth-order valence-electron chi connectivity index (χ4n) is 2.65. The molecule has 2 aromatic carbocycles. The monoisotopic (exact) mass is 399 g/mol. The molecule has 0 saturated heterocycles. The van der Waals surface area contributed by atoms with Crippen LogP contribution in [0.15, 0.2) is 42.5 Å². The van der Waals surface area contributed by atoms with Gasteiger partial charge in [0, 0.05) is 6.54 Å². The lowest BCUT2D eigenvalue weighted by atomic mass is 10.0. The lowest BCUT2D eigenvalue weighted by Crippen LogP contribution is -2.31. The Bertz CT molecular complexity index is 815. The Hall–Kier alpha value is -3.02. The number of hydrogen-bond acceptors (Lipinski definition) is 5. The Morgan fingerprint density at radius 2 is 1.76 bits per heavy atom. The van der Waals surface area contributed by atoms with Gasteiger partial charge < -0.3 is 19.5 Å². The van der Waals surface area contributed by atoms with E-state index in [0.29, 0.717) is 24.6 Å². The van der Waals surface area contributed by atoms with Crippen molar-refractivity contribution in [3.8, 4) is 11.5 Å². The summed E-state index contributed by atoms with van der Waals surface area (Å²) in [7, 11) is 1.62. The summed E-state index contributed by atoms with van der Waals surface area (Å²) in [6, 6.07) is 13.6. The third kappa shape index (κ3) is 7.49. The molecule has 0 radical (unpaired) electrons. The SMILES string of the molecule is COc1ccc(CCNC(=O)COC(=O)COc2cc(C(C)C)ccc2C)cc1. The first-order chi connectivity index (χ1) is 13.9. The van der Waals surface area contributed by atoms with E-state index < -0.39 is 5.97 Å². The van der Waals surface area contributed by atoms with Gasteiger partial charge in [-0.25, -0.2) is 4.79 Å². The van der Waals surface area contributed by atoms with Crippen molar-refractivity contribution < 1.29 is 23.8 Å². The van der Waals surface area contributed by atoms with Crippen molar-refractivity contribution in [2.75, 3.05) is 26.9 Å². The Morgan fingerprint density at radius 1 is 1.03 bits per heavy atom. The second-order valence-electron chi connectivity index (χ2n) is 7.08. The molecule has 6 heteroatoms. The number of hydrogen-bond donors (Lipinski definition) is 1. The highest BCUT2D eigenvalue weighted by Gasteiger charge is 2.10. The Labute approximate surface area is 172 Å². The van der Waals surface area contributed by atoms with E-state index in [-0.39, 0.29) is 19.1 Å². The molecule has 0 aromatic heterocycles. The van der Waals surface area contributed by atoms with Crippen molar-refractivity contribution in [2.24, 2.45) is 0 Å². The van der Waals surface area contributed by atoms with Crippen molar-refractivity contribution >= 4 is 11.9 Å². The average molecular weight is 399 g/mol. The molecule has 0 spiro atoms. The highest BCUT2D eigenvalue weighted by Crippen LogP contribution is 2.24. The number of carbonyl (C=O) groups excluding carboxylic acids is 2. The van der Waals surface area contributed by atoms with Gasteiger partial charge >= 0.3 is 5.97 Å². The highest BCUT2D eigenvalue weighted by atomic mass is 16.6. The van der Waals surface area contributed by atoms with Gasteiger partial charge in [0.2, 0.25) is 0 Å². The number of carbonyl (C=O) groups is 2. The van der Waals surface area contributed by atoms with Crippen LogP contribution in [-0.4, -0.2) is 38.7 Å². The average Bonchev–Trinajstić information content (AvgIpc) is 2.72. The van der Waals surface area contributed by atoms with Crippen LogP contribution in [0.5, 0.6) is 11.5 Å². The topological polar surface area (TPSA) is 73.9 Å². The van der Waals surface area contributed by atoms with Crippen LogP contribution < -0.4 is 14.8 Å². The molecule has 2 rings (SSSR count). The van der Waals surface area contributed by atoms with E-state index in [0.717, 1.165) is 22.4 Å². The molecular formula is C23H29NO5. The molecule has 2 aromatic rings. The lowest BCUT2D eigenvalue weighted by molar-refractivity contribution is -0.150. The molecule has 0 atom stereocenters. The van der Waals surface area contributed by atoms with Gasteiger partial charge in [-0.2, -0.15) is 0 Å². The summed E-state index contributed by atoms with van der Waals surface area (Å²) in [4.78, 5) is 23.7. The molecule has 0 unspecified atom stereocenters. The summed E-state index contributed by atoms with van der Waals surface area (Å²) in [6.07, 6.45) is 0.679. The summed E-state index contributed by atoms with van der Waals surface area (Å²) in [6.45, 7) is 6.00. The van der Waals surface area contributed by atoms with Crippen molar-refractivity contribution in [3.63, 3.8) is 0 Å². The molecule has 0 aliphatic carbocycles. The van der Waals surface area contributed by atoms with Crippen LogP contribution in [0.3, 0.4) is 0 Å². The molecule has 0 saturated carbocycles. The van der Waals surface area contributed by atoms with E-state index in [1.807, 2.05) is 49.4 Å². The zero-order valence-corrected chi connectivity index (χ0v) is 17.5. The van der Waals surface area contributed by atoms with Gasteiger partial charge in [-0.1, -0.05) is 38.1 Å². The van der Waals surface area contributed by atoms with E-state index in [4.69, 9.17) is 14.2 Å². The number of ether oxygens (including phenoxy) is 3. The van der Waals surface area contributed by atoms with Gasteiger partial charge in [0.1, 0.15) is 11.5 Å². The van der Waals surface area contributed by atoms with Gasteiger partial charge in [-0.05, 0) is 54.2 Å². The van der Waals surface area contributed by atoms with Crippen molar-refractivity contribution in [1.82, 2.24) is 5.32 Å². The van der Waals surface area contributed by atoms with Crippen molar-refractivity contribution in [3.05, 3.63) is 59.2 Å². The third-order valence-electron chi connectivity index (χ3n) is 4.48. The largest absolute Gasteiger partial charge is 0.497 e. The summed E-state index contributed by atoms with van der Waals surface area (Å²) < 4.78 is 15.7. The van der Waals surface area contributed by atoms with E-state index in [1.165, 1.54) is 0 Å².